The average Bonchev–Trinajstić information content (AvgIpc) is 2.58. The molecule has 1 heterocycles. The number of rotatable bonds is 3. The minimum atomic E-state index is -3.74. The molecule has 0 bridgehead atoms. The summed E-state index contributed by atoms with van der Waals surface area (Å²) in [6.45, 7) is 2.00. The molecule has 1 aliphatic rings. The highest BCUT2D eigenvalue weighted by atomic mass is 35.7. The summed E-state index contributed by atoms with van der Waals surface area (Å²) in [5.41, 5.74) is 1.39. The van der Waals surface area contributed by atoms with Crippen molar-refractivity contribution >= 4 is 25.6 Å². The zero-order valence-corrected chi connectivity index (χ0v) is 11.8. The van der Waals surface area contributed by atoms with Crippen molar-refractivity contribution in [3.05, 3.63) is 35.1 Å². The number of hydrogen-bond acceptors (Lipinski definition) is 3. The van der Waals surface area contributed by atoms with Crippen molar-refractivity contribution in [3.8, 4) is 0 Å². The fourth-order valence-corrected chi connectivity index (χ4v) is 3.26. The van der Waals surface area contributed by atoms with Crippen LogP contribution in [0.5, 0.6) is 0 Å². The van der Waals surface area contributed by atoms with Gasteiger partial charge in [-0.3, -0.25) is 4.79 Å². The van der Waals surface area contributed by atoms with Gasteiger partial charge < -0.3 is 4.90 Å². The fourth-order valence-electron chi connectivity index (χ4n) is 2.20. The van der Waals surface area contributed by atoms with Gasteiger partial charge >= 0.3 is 0 Å². The summed E-state index contributed by atoms with van der Waals surface area (Å²) in [6, 6.07) is 4.49. The van der Waals surface area contributed by atoms with Gasteiger partial charge in [-0.2, -0.15) is 0 Å². The minimum Gasteiger partial charge on any atom is -0.337 e. The van der Waals surface area contributed by atoms with E-state index in [4.69, 9.17) is 10.7 Å². The first-order chi connectivity index (χ1) is 8.75. The molecule has 1 aromatic carbocycles. The number of benzene rings is 1. The van der Waals surface area contributed by atoms with Crippen molar-refractivity contribution in [1.29, 1.82) is 0 Å². The summed E-state index contributed by atoms with van der Waals surface area (Å²) in [5.74, 6) is -0.653. The van der Waals surface area contributed by atoms with Gasteiger partial charge in [0.15, 0.2) is 0 Å². The van der Waals surface area contributed by atoms with E-state index in [1.165, 1.54) is 17.0 Å². The van der Waals surface area contributed by atoms with Crippen LogP contribution in [-0.2, 0) is 20.4 Å². The lowest BCUT2D eigenvalue weighted by molar-refractivity contribution is -0.128. The quantitative estimate of drug-likeness (QED) is 0.800. The van der Waals surface area contributed by atoms with Crippen LogP contribution in [0.1, 0.15) is 17.5 Å². The number of hydrogen-bond donors (Lipinski definition) is 0. The highest BCUT2D eigenvalue weighted by Crippen LogP contribution is 2.23. The van der Waals surface area contributed by atoms with Crippen molar-refractivity contribution in [1.82, 2.24) is 4.90 Å². The molecule has 4 nitrogen and oxygen atoms in total. The van der Waals surface area contributed by atoms with Crippen molar-refractivity contribution in [2.75, 3.05) is 6.54 Å². The van der Waals surface area contributed by atoms with Gasteiger partial charge in [-0.1, -0.05) is 6.07 Å². The Morgan fingerprint density at radius 3 is 2.63 bits per heavy atom. The Kier molecular flexibility index (Phi) is 3.82. The molecular weight excluding hydrogens is 293 g/mol. The van der Waals surface area contributed by atoms with Crippen LogP contribution in [0.3, 0.4) is 0 Å². The van der Waals surface area contributed by atoms with E-state index in [-0.39, 0.29) is 31.2 Å². The van der Waals surface area contributed by atoms with E-state index in [9.17, 15) is 17.6 Å². The van der Waals surface area contributed by atoms with Gasteiger partial charge in [0.25, 0.3) is 0 Å². The Morgan fingerprint density at radius 2 is 2.11 bits per heavy atom. The second-order valence-electron chi connectivity index (χ2n) is 4.71. The number of halogens is 2. The number of carbonyl (C=O) groups excluding carboxylic acids is 1. The molecule has 19 heavy (non-hydrogen) atoms. The third-order valence-corrected chi connectivity index (χ3v) is 4.92. The van der Waals surface area contributed by atoms with E-state index < -0.39 is 14.3 Å². The van der Waals surface area contributed by atoms with Crippen LogP contribution < -0.4 is 0 Å². The second-order valence-corrected chi connectivity index (χ2v) is 7.62. The van der Waals surface area contributed by atoms with Gasteiger partial charge in [-0.05, 0) is 30.2 Å². The van der Waals surface area contributed by atoms with Gasteiger partial charge in [-0.25, -0.2) is 12.8 Å². The highest BCUT2D eigenvalue weighted by molar-refractivity contribution is 8.14. The Hall–Kier alpha value is -1.14. The fraction of sp³-hybridized carbons (Fsp3) is 0.417. The van der Waals surface area contributed by atoms with Crippen LogP contribution in [0.15, 0.2) is 18.2 Å². The molecule has 0 saturated carbocycles. The van der Waals surface area contributed by atoms with E-state index >= 15 is 0 Å². The standard InChI is InChI=1S/C12H13ClFNO3S/c1-8-2-9(4-10(14)3-8)6-15-7-11(5-12(15)16)19(13,17)18/h2-4,11H,5-7H2,1H3. The van der Waals surface area contributed by atoms with Gasteiger partial charge in [0.2, 0.25) is 15.0 Å². The highest BCUT2D eigenvalue weighted by Gasteiger charge is 2.37. The number of likely N-dealkylation sites (tertiary alicyclic amines) is 1. The number of amides is 1. The maximum Gasteiger partial charge on any atom is 0.237 e. The summed E-state index contributed by atoms with van der Waals surface area (Å²) >= 11 is 0. The van der Waals surface area contributed by atoms with E-state index in [0.717, 1.165) is 5.56 Å². The predicted octanol–water partition coefficient (Wildman–Crippen LogP) is 1.80. The van der Waals surface area contributed by atoms with E-state index in [2.05, 4.69) is 0 Å². The normalized spacial score (nSPS) is 20.1. The Morgan fingerprint density at radius 1 is 1.42 bits per heavy atom. The maximum absolute atomic E-state index is 13.2. The molecule has 104 valence electrons. The summed E-state index contributed by atoms with van der Waals surface area (Å²) in [7, 11) is 1.52. The van der Waals surface area contributed by atoms with Crippen LogP contribution in [0.25, 0.3) is 0 Å². The monoisotopic (exact) mass is 305 g/mol. The maximum atomic E-state index is 13.2. The lowest BCUT2D eigenvalue weighted by Gasteiger charge is -2.16. The van der Waals surface area contributed by atoms with Crippen LogP contribution in [0.4, 0.5) is 4.39 Å². The number of aryl methyl sites for hydroxylation is 1. The smallest absolute Gasteiger partial charge is 0.237 e. The molecule has 1 saturated heterocycles. The van der Waals surface area contributed by atoms with Crippen LogP contribution in [0.2, 0.25) is 0 Å². The van der Waals surface area contributed by atoms with Crippen LogP contribution >= 0.6 is 10.7 Å². The van der Waals surface area contributed by atoms with Crippen LogP contribution in [-0.4, -0.2) is 31.0 Å². The van der Waals surface area contributed by atoms with Gasteiger partial charge in [0.05, 0.1) is 0 Å². The molecule has 0 aromatic heterocycles. The molecular formula is C12H13ClFNO3S. The zero-order chi connectivity index (χ0) is 14.2. The first kappa shape index (κ1) is 14.3. The molecule has 1 amide bonds. The van der Waals surface area contributed by atoms with E-state index in [1.807, 2.05) is 0 Å². The van der Waals surface area contributed by atoms with Crippen molar-refractivity contribution in [2.24, 2.45) is 0 Å². The van der Waals surface area contributed by atoms with Crippen molar-refractivity contribution < 1.29 is 17.6 Å². The Labute approximate surface area is 115 Å². The minimum absolute atomic E-state index is 0.0558. The lowest BCUT2D eigenvalue weighted by atomic mass is 10.1. The van der Waals surface area contributed by atoms with E-state index in [1.54, 1.807) is 13.0 Å². The summed E-state index contributed by atoms with van der Waals surface area (Å²) in [6.07, 6.45) is -0.111. The zero-order valence-electron chi connectivity index (χ0n) is 10.3. The van der Waals surface area contributed by atoms with Gasteiger partial charge in [0.1, 0.15) is 11.1 Å². The van der Waals surface area contributed by atoms with Crippen molar-refractivity contribution in [3.63, 3.8) is 0 Å². The molecule has 1 atom stereocenters. The largest absolute Gasteiger partial charge is 0.337 e. The molecule has 1 aliphatic heterocycles. The first-order valence-corrected chi connectivity index (χ1v) is 8.10. The predicted molar refractivity (Wildman–Crippen MR) is 69.7 cm³/mol. The van der Waals surface area contributed by atoms with E-state index in [0.29, 0.717) is 5.56 Å². The van der Waals surface area contributed by atoms with Crippen molar-refractivity contribution in [2.45, 2.75) is 25.1 Å². The summed E-state index contributed by atoms with van der Waals surface area (Å²) in [5, 5.41) is -0.878. The summed E-state index contributed by atoms with van der Waals surface area (Å²) < 4.78 is 35.7. The molecule has 0 N–H and O–H groups in total. The Balaban J connectivity index is 2.14. The molecule has 0 spiro atoms. The third kappa shape index (κ3) is 3.45. The molecule has 1 aromatic rings. The molecule has 2 rings (SSSR count). The molecule has 1 unspecified atom stereocenters. The lowest BCUT2D eigenvalue weighted by Crippen LogP contribution is -2.26. The third-order valence-electron chi connectivity index (χ3n) is 3.05. The Bertz CT molecular complexity index is 597. The SMILES string of the molecule is Cc1cc(F)cc(CN2CC(S(=O)(=O)Cl)CC2=O)c1. The van der Waals surface area contributed by atoms with Crippen LogP contribution in [0, 0.1) is 12.7 Å². The van der Waals surface area contributed by atoms with Gasteiger partial charge in [-0.15, -0.1) is 0 Å². The molecule has 7 heteroatoms. The number of carbonyl (C=O) groups is 1. The average molecular weight is 306 g/mol. The molecule has 1 fully saturated rings. The van der Waals surface area contributed by atoms with Gasteiger partial charge in [0, 0.05) is 30.2 Å². The first-order valence-electron chi connectivity index (χ1n) is 5.73. The topological polar surface area (TPSA) is 54.5 Å². The molecule has 0 radical (unpaired) electrons. The number of nitrogens with zero attached hydrogens (tertiary/aromatic N) is 1. The molecule has 0 aliphatic carbocycles. The summed E-state index contributed by atoms with van der Waals surface area (Å²) in [4.78, 5) is 13.1. The second kappa shape index (κ2) is 5.09.